The maximum Gasteiger partial charge on any atom is 0.0719 e. The number of nitrogens with zero attached hydrogens (tertiary/aromatic N) is 2. The Bertz CT molecular complexity index is 5270. The monoisotopic (exact) mass is 1100 g/mol. The van der Waals surface area contributed by atoms with Crippen molar-refractivity contribution in [2.75, 3.05) is 0 Å². The van der Waals surface area contributed by atoms with Crippen LogP contribution in [-0.4, -0.2) is 9.13 Å². The molecule has 1 aliphatic rings. The molecule has 0 saturated heterocycles. The van der Waals surface area contributed by atoms with Gasteiger partial charge in [-0.3, -0.25) is 0 Å². The summed E-state index contributed by atoms with van der Waals surface area (Å²) in [6.07, 6.45) is 0. The standard InChI is InChI=1S/C85H56N2/c1-3-21-57(22-4-1)64-26-20-28-68(54-64)86-81-39-17-11-33-73(81)75-55-65(49-51-83(75)86)66-50-52-84-76(56-66)74-34-12-18-40-82(74)87(84)80-38-16-10-30-70(80)62-47-45-59(46-48-62)58-41-43-60(44-42-58)63-25-19-27-67(53-63)85(77-35-13-7-29-69(77)61-23-5-2-6-24-61)78-36-14-8-31-71(78)72-32-9-15-37-79(72)85/h1-56H. The maximum atomic E-state index is 2.46. The van der Waals surface area contributed by atoms with E-state index < -0.39 is 5.41 Å². The minimum absolute atomic E-state index is 0.541. The maximum absolute atomic E-state index is 2.46. The van der Waals surface area contributed by atoms with Crippen molar-refractivity contribution >= 4 is 43.6 Å². The molecule has 0 saturated carbocycles. The van der Waals surface area contributed by atoms with Gasteiger partial charge in [-0.15, -0.1) is 0 Å². The molecule has 0 bridgehead atoms. The summed E-state index contributed by atoms with van der Waals surface area (Å²) in [5, 5.41) is 4.94. The average molecular weight is 1110 g/mol. The highest BCUT2D eigenvalue weighted by Gasteiger charge is 2.47. The molecular formula is C85H56N2. The highest BCUT2D eigenvalue weighted by molar-refractivity contribution is 6.13. The van der Waals surface area contributed by atoms with Crippen LogP contribution in [0.2, 0.25) is 0 Å². The van der Waals surface area contributed by atoms with Crippen molar-refractivity contribution in [3.63, 3.8) is 0 Å². The minimum atomic E-state index is -0.541. The zero-order valence-corrected chi connectivity index (χ0v) is 47.7. The van der Waals surface area contributed by atoms with Crippen LogP contribution >= 0.6 is 0 Å². The number of rotatable bonds is 10. The molecule has 0 aliphatic heterocycles. The van der Waals surface area contributed by atoms with E-state index in [9.17, 15) is 0 Å². The second kappa shape index (κ2) is 20.5. The van der Waals surface area contributed by atoms with Gasteiger partial charge in [0.15, 0.2) is 0 Å². The van der Waals surface area contributed by atoms with Crippen molar-refractivity contribution < 1.29 is 0 Å². The molecule has 0 fully saturated rings. The molecule has 2 aromatic heterocycles. The summed E-state index contributed by atoms with van der Waals surface area (Å²) < 4.78 is 4.87. The smallest absolute Gasteiger partial charge is 0.0719 e. The number of fused-ring (bicyclic) bond motifs is 9. The van der Waals surface area contributed by atoms with Gasteiger partial charge in [0.05, 0.1) is 33.2 Å². The molecule has 2 nitrogen and oxygen atoms in total. The van der Waals surface area contributed by atoms with Gasteiger partial charge in [-0.25, -0.2) is 0 Å². The van der Waals surface area contributed by atoms with Crippen LogP contribution in [0.3, 0.4) is 0 Å². The first kappa shape index (κ1) is 50.2. The zero-order chi connectivity index (χ0) is 57.4. The predicted octanol–water partition coefficient (Wildman–Crippen LogP) is 22.2. The molecule has 0 N–H and O–H groups in total. The first-order valence-electron chi connectivity index (χ1n) is 30.1. The third kappa shape index (κ3) is 8.10. The van der Waals surface area contributed by atoms with Gasteiger partial charge in [-0.05, 0) is 155 Å². The summed E-state index contributed by atoms with van der Waals surface area (Å²) in [7, 11) is 0. The van der Waals surface area contributed by atoms with E-state index in [1.54, 1.807) is 0 Å². The molecule has 0 radical (unpaired) electrons. The van der Waals surface area contributed by atoms with E-state index in [4.69, 9.17) is 0 Å². The molecule has 0 unspecified atom stereocenters. The third-order valence-corrected chi connectivity index (χ3v) is 18.4. The van der Waals surface area contributed by atoms with E-state index in [0.717, 1.165) is 11.4 Å². The fourth-order valence-electron chi connectivity index (χ4n) is 14.5. The lowest BCUT2D eigenvalue weighted by Gasteiger charge is -2.36. The predicted molar refractivity (Wildman–Crippen MR) is 365 cm³/mol. The van der Waals surface area contributed by atoms with Crippen molar-refractivity contribution in [1.29, 1.82) is 0 Å². The van der Waals surface area contributed by atoms with E-state index in [-0.39, 0.29) is 0 Å². The number of hydrogen-bond donors (Lipinski definition) is 0. The topological polar surface area (TPSA) is 9.86 Å². The van der Waals surface area contributed by atoms with Crippen molar-refractivity contribution in [3.05, 3.63) is 362 Å². The van der Waals surface area contributed by atoms with E-state index in [1.807, 2.05) is 0 Å². The Kier molecular flexibility index (Phi) is 11.8. The van der Waals surface area contributed by atoms with Gasteiger partial charge in [0.1, 0.15) is 0 Å². The number of aromatic nitrogens is 2. The Labute approximate surface area is 506 Å². The van der Waals surface area contributed by atoms with Crippen LogP contribution in [0.4, 0.5) is 0 Å². The lowest BCUT2D eigenvalue weighted by Crippen LogP contribution is -2.29. The Morgan fingerprint density at radius 1 is 0.195 bits per heavy atom. The van der Waals surface area contributed by atoms with E-state index in [0.29, 0.717) is 0 Å². The Balaban J connectivity index is 0.696. The molecule has 2 heteroatoms. The van der Waals surface area contributed by atoms with Crippen LogP contribution in [0.25, 0.3) is 133 Å². The SMILES string of the molecule is c1ccc(-c2cccc(-n3c4ccccc4c4cc(-c5ccc6c(c5)c5ccccc5n6-c5ccccc5-c5ccc(-c6ccc(-c7cccc(C8(c9ccccc9-c9ccccc9)c9ccccc9-c9ccccc98)c7)cc6)cc5)ccc43)c2)cc1. The van der Waals surface area contributed by atoms with Gasteiger partial charge in [0, 0.05) is 32.8 Å². The second-order valence-corrected chi connectivity index (χ2v) is 23.1. The van der Waals surface area contributed by atoms with Crippen LogP contribution in [0.15, 0.2) is 340 Å². The summed E-state index contributed by atoms with van der Waals surface area (Å²) in [5.41, 5.74) is 28.6. The number of benzene rings is 14. The fourth-order valence-corrected chi connectivity index (χ4v) is 14.5. The summed E-state index contributed by atoms with van der Waals surface area (Å²) in [4.78, 5) is 0. The lowest BCUT2D eigenvalue weighted by molar-refractivity contribution is 0.771. The van der Waals surface area contributed by atoms with Crippen LogP contribution in [0, 0.1) is 0 Å². The van der Waals surface area contributed by atoms with Crippen molar-refractivity contribution in [2.45, 2.75) is 5.41 Å². The summed E-state index contributed by atoms with van der Waals surface area (Å²) >= 11 is 0. The molecule has 17 rings (SSSR count). The third-order valence-electron chi connectivity index (χ3n) is 18.4. The van der Waals surface area contributed by atoms with Crippen molar-refractivity contribution in [3.8, 4) is 89.3 Å². The van der Waals surface area contributed by atoms with Gasteiger partial charge in [0.25, 0.3) is 0 Å². The molecule has 87 heavy (non-hydrogen) atoms. The molecular weight excluding hydrogens is 1050 g/mol. The number of para-hydroxylation sites is 3. The highest BCUT2D eigenvalue weighted by atomic mass is 15.0. The largest absolute Gasteiger partial charge is 0.309 e. The molecule has 1 aliphatic carbocycles. The summed E-state index contributed by atoms with van der Waals surface area (Å²) in [5.74, 6) is 0. The second-order valence-electron chi connectivity index (χ2n) is 23.1. The Morgan fingerprint density at radius 2 is 0.563 bits per heavy atom. The molecule has 16 aromatic rings. The molecule has 14 aromatic carbocycles. The molecule has 0 spiro atoms. The lowest BCUT2D eigenvalue weighted by atomic mass is 9.65. The van der Waals surface area contributed by atoms with Crippen LogP contribution in [0.5, 0.6) is 0 Å². The van der Waals surface area contributed by atoms with Gasteiger partial charge in [-0.1, -0.05) is 279 Å². The zero-order valence-electron chi connectivity index (χ0n) is 47.7. The van der Waals surface area contributed by atoms with E-state index in [1.165, 1.54) is 144 Å². The first-order chi connectivity index (χ1) is 43.2. The summed E-state index contributed by atoms with van der Waals surface area (Å²) in [6.45, 7) is 0. The molecule has 406 valence electrons. The van der Waals surface area contributed by atoms with Crippen LogP contribution < -0.4 is 0 Å². The van der Waals surface area contributed by atoms with E-state index in [2.05, 4.69) is 349 Å². The average Bonchev–Trinajstić information content (AvgIpc) is 1.86. The minimum Gasteiger partial charge on any atom is -0.309 e. The van der Waals surface area contributed by atoms with Crippen molar-refractivity contribution in [1.82, 2.24) is 9.13 Å². The highest BCUT2D eigenvalue weighted by Crippen LogP contribution is 2.58. The Morgan fingerprint density at radius 3 is 1.17 bits per heavy atom. The Hall–Kier alpha value is -11.3. The molecule has 2 heterocycles. The summed E-state index contributed by atoms with van der Waals surface area (Å²) in [6, 6.07) is 126. The van der Waals surface area contributed by atoms with Crippen LogP contribution in [-0.2, 0) is 5.41 Å². The van der Waals surface area contributed by atoms with E-state index >= 15 is 0 Å². The van der Waals surface area contributed by atoms with Gasteiger partial charge >= 0.3 is 0 Å². The quantitative estimate of drug-likeness (QED) is 0.129. The van der Waals surface area contributed by atoms with Gasteiger partial charge < -0.3 is 9.13 Å². The number of hydrogen-bond acceptors (Lipinski definition) is 0. The first-order valence-corrected chi connectivity index (χ1v) is 30.1. The normalized spacial score (nSPS) is 12.5. The van der Waals surface area contributed by atoms with Gasteiger partial charge in [0.2, 0.25) is 0 Å². The molecule has 0 atom stereocenters. The van der Waals surface area contributed by atoms with Gasteiger partial charge in [-0.2, -0.15) is 0 Å². The van der Waals surface area contributed by atoms with Crippen molar-refractivity contribution in [2.24, 2.45) is 0 Å². The fraction of sp³-hybridized carbons (Fsp3) is 0.0118. The molecule has 0 amide bonds. The van der Waals surface area contributed by atoms with Crippen LogP contribution in [0.1, 0.15) is 22.3 Å².